The molecule has 0 aromatic heterocycles. The number of amides is 3. The van der Waals surface area contributed by atoms with Gasteiger partial charge in [0.1, 0.15) is 5.38 Å². The Morgan fingerprint density at radius 1 is 1.35 bits per heavy atom. The zero-order valence-corrected chi connectivity index (χ0v) is 10.6. The van der Waals surface area contributed by atoms with Crippen molar-refractivity contribution in [2.45, 2.75) is 19.2 Å². The van der Waals surface area contributed by atoms with E-state index in [0.717, 1.165) is 0 Å². The van der Waals surface area contributed by atoms with Crippen molar-refractivity contribution in [2.75, 3.05) is 19.6 Å². The molecule has 0 aromatic rings. The summed E-state index contributed by atoms with van der Waals surface area (Å²) in [5, 5.41) is -0.610. The lowest BCUT2D eigenvalue weighted by molar-refractivity contribution is -0.140. The van der Waals surface area contributed by atoms with Crippen molar-refractivity contribution >= 4 is 29.3 Å². The van der Waals surface area contributed by atoms with Crippen LogP contribution in [0.15, 0.2) is 0 Å². The quantitative estimate of drug-likeness (QED) is 0.521. The molecule has 2 heterocycles. The van der Waals surface area contributed by atoms with Gasteiger partial charge in [-0.25, -0.2) is 0 Å². The predicted molar refractivity (Wildman–Crippen MR) is 61.3 cm³/mol. The van der Waals surface area contributed by atoms with Crippen molar-refractivity contribution < 1.29 is 14.4 Å². The Kier molecular flexibility index (Phi) is 3.12. The number of rotatable bonds is 2. The van der Waals surface area contributed by atoms with Gasteiger partial charge in [-0.1, -0.05) is 0 Å². The highest BCUT2D eigenvalue weighted by molar-refractivity contribution is 6.30. The highest BCUT2D eigenvalue weighted by Crippen LogP contribution is 2.33. The molecule has 0 bridgehead atoms. The van der Waals surface area contributed by atoms with E-state index in [1.807, 2.05) is 0 Å². The molecule has 2 fully saturated rings. The van der Waals surface area contributed by atoms with Gasteiger partial charge in [-0.3, -0.25) is 19.3 Å². The van der Waals surface area contributed by atoms with E-state index in [9.17, 15) is 14.4 Å². The maximum absolute atomic E-state index is 11.9. The van der Waals surface area contributed by atoms with E-state index in [-0.39, 0.29) is 29.6 Å². The normalized spacial score (nSPS) is 29.8. The number of carbonyl (C=O) groups is 3. The molecule has 0 aromatic carbocycles. The molecular weight excluding hydrogens is 244 g/mol. The second kappa shape index (κ2) is 4.29. The summed E-state index contributed by atoms with van der Waals surface area (Å²) in [5.74, 6) is -1.23. The summed E-state index contributed by atoms with van der Waals surface area (Å²) in [6, 6.07) is 0. The summed E-state index contributed by atoms with van der Waals surface area (Å²) in [6.45, 7) is 4.42. The Morgan fingerprint density at radius 2 is 1.82 bits per heavy atom. The lowest BCUT2D eigenvalue weighted by Gasteiger charge is -2.20. The van der Waals surface area contributed by atoms with E-state index >= 15 is 0 Å². The Morgan fingerprint density at radius 3 is 2.18 bits per heavy atom. The third-order valence-corrected chi connectivity index (χ3v) is 3.64. The van der Waals surface area contributed by atoms with Gasteiger partial charge in [-0.2, -0.15) is 0 Å². The van der Waals surface area contributed by atoms with Crippen molar-refractivity contribution in [3.8, 4) is 0 Å². The smallest absolute Gasteiger partial charge is 0.240 e. The number of carbonyl (C=O) groups excluding carboxylic acids is 3. The number of imide groups is 1. The molecule has 2 rings (SSSR count). The zero-order chi connectivity index (χ0) is 12.7. The van der Waals surface area contributed by atoms with Crippen molar-refractivity contribution in [2.24, 2.45) is 11.8 Å². The molecule has 0 unspecified atom stereocenters. The van der Waals surface area contributed by atoms with Gasteiger partial charge in [0, 0.05) is 19.6 Å². The van der Waals surface area contributed by atoms with Crippen LogP contribution in [0.1, 0.15) is 13.8 Å². The topological polar surface area (TPSA) is 57.7 Å². The van der Waals surface area contributed by atoms with Crippen LogP contribution in [0.25, 0.3) is 0 Å². The Bertz CT molecular complexity index is 359. The number of likely N-dealkylation sites (tertiary alicyclic amines) is 2. The highest BCUT2D eigenvalue weighted by Gasteiger charge is 2.52. The molecule has 6 heteroatoms. The maximum Gasteiger partial charge on any atom is 0.240 e. The molecule has 94 valence electrons. The van der Waals surface area contributed by atoms with E-state index in [1.165, 1.54) is 9.80 Å². The average Bonchev–Trinajstić information content (AvgIpc) is 2.80. The lowest BCUT2D eigenvalue weighted by atomic mass is 10.00. The molecule has 3 atom stereocenters. The van der Waals surface area contributed by atoms with Crippen LogP contribution in [0.2, 0.25) is 0 Å². The molecule has 0 radical (unpaired) electrons. The molecule has 0 spiro atoms. The molecule has 2 saturated heterocycles. The van der Waals surface area contributed by atoms with Crippen LogP contribution >= 0.6 is 11.6 Å². The molecule has 17 heavy (non-hydrogen) atoms. The summed E-state index contributed by atoms with van der Waals surface area (Å²) in [7, 11) is 0. The van der Waals surface area contributed by atoms with Crippen LogP contribution in [-0.2, 0) is 14.4 Å². The molecule has 0 aliphatic carbocycles. The van der Waals surface area contributed by atoms with E-state index in [2.05, 4.69) is 0 Å². The van der Waals surface area contributed by atoms with E-state index < -0.39 is 5.38 Å². The van der Waals surface area contributed by atoms with Gasteiger partial charge < -0.3 is 4.90 Å². The summed E-state index contributed by atoms with van der Waals surface area (Å²) in [6.07, 6.45) is 0. The van der Waals surface area contributed by atoms with Crippen molar-refractivity contribution in [3.05, 3.63) is 0 Å². The second-order valence-corrected chi connectivity index (χ2v) is 5.15. The fourth-order valence-electron chi connectivity index (χ4n) is 2.56. The summed E-state index contributed by atoms with van der Waals surface area (Å²) < 4.78 is 0. The zero-order valence-electron chi connectivity index (χ0n) is 9.85. The van der Waals surface area contributed by atoms with Crippen molar-refractivity contribution in [3.63, 3.8) is 0 Å². The minimum Gasteiger partial charge on any atom is -0.340 e. The van der Waals surface area contributed by atoms with Crippen LogP contribution in [0.3, 0.4) is 0 Å². The number of fused-ring (bicyclic) bond motifs is 1. The fourth-order valence-corrected chi connectivity index (χ4v) is 2.69. The number of hydrogen-bond acceptors (Lipinski definition) is 3. The number of halogens is 1. The van der Waals surface area contributed by atoms with Gasteiger partial charge in [0.15, 0.2) is 0 Å². The minimum absolute atomic E-state index is 0.153. The molecule has 5 nitrogen and oxygen atoms in total. The first kappa shape index (κ1) is 12.4. The second-order valence-electron chi connectivity index (χ2n) is 4.49. The predicted octanol–water partition coefficient (Wildman–Crippen LogP) is 0.0770. The average molecular weight is 259 g/mol. The lowest BCUT2D eigenvalue weighted by Crippen LogP contribution is -2.39. The van der Waals surface area contributed by atoms with Gasteiger partial charge in [-0.05, 0) is 13.8 Å². The first-order chi connectivity index (χ1) is 7.97. The number of hydrogen-bond donors (Lipinski definition) is 0. The first-order valence-electron chi connectivity index (χ1n) is 5.75. The molecule has 0 saturated carbocycles. The van der Waals surface area contributed by atoms with Gasteiger partial charge in [0.25, 0.3) is 0 Å². The molecule has 2 aliphatic rings. The number of alkyl halides is 1. The molecule has 0 N–H and O–H groups in total. The van der Waals surface area contributed by atoms with Crippen LogP contribution in [-0.4, -0.2) is 52.5 Å². The van der Waals surface area contributed by atoms with Crippen molar-refractivity contribution in [1.82, 2.24) is 9.80 Å². The summed E-state index contributed by atoms with van der Waals surface area (Å²) in [5.41, 5.74) is 0. The summed E-state index contributed by atoms with van der Waals surface area (Å²) in [4.78, 5) is 38.3. The van der Waals surface area contributed by atoms with Gasteiger partial charge in [0.05, 0.1) is 11.8 Å². The fraction of sp³-hybridized carbons (Fsp3) is 0.727. The third kappa shape index (κ3) is 1.82. The van der Waals surface area contributed by atoms with Crippen LogP contribution in [0.4, 0.5) is 0 Å². The highest BCUT2D eigenvalue weighted by atomic mass is 35.5. The standard InChI is InChI=1S/C11H15ClN2O3/c1-3-14-10(16)7-4-13(9(15)6(2)12)5-8(7)11(14)17/h6-8H,3-5H2,1-2H3/t6-,7-,8+/m0/s1. The van der Waals surface area contributed by atoms with E-state index in [4.69, 9.17) is 11.6 Å². The van der Waals surface area contributed by atoms with Crippen molar-refractivity contribution in [1.29, 1.82) is 0 Å². The van der Waals surface area contributed by atoms with Gasteiger partial charge in [-0.15, -0.1) is 11.6 Å². The van der Waals surface area contributed by atoms with Crippen LogP contribution in [0.5, 0.6) is 0 Å². The molecular formula is C11H15ClN2O3. The van der Waals surface area contributed by atoms with Crippen LogP contribution < -0.4 is 0 Å². The Hall–Kier alpha value is -1.10. The summed E-state index contributed by atoms with van der Waals surface area (Å²) >= 11 is 5.72. The van der Waals surface area contributed by atoms with Gasteiger partial charge in [0.2, 0.25) is 17.7 Å². The number of nitrogens with zero attached hydrogens (tertiary/aromatic N) is 2. The monoisotopic (exact) mass is 258 g/mol. The first-order valence-corrected chi connectivity index (χ1v) is 6.19. The van der Waals surface area contributed by atoms with E-state index in [1.54, 1.807) is 13.8 Å². The molecule has 2 aliphatic heterocycles. The Labute approximate surface area is 105 Å². The minimum atomic E-state index is -0.610. The Balaban J connectivity index is 2.13. The van der Waals surface area contributed by atoms with E-state index in [0.29, 0.717) is 19.6 Å². The maximum atomic E-state index is 11.9. The van der Waals surface area contributed by atoms with Crippen LogP contribution in [0, 0.1) is 11.8 Å². The molecule has 3 amide bonds. The van der Waals surface area contributed by atoms with Gasteiger partial charge >= 0.3 is 0 Å². The third-order valence-electron chi connectivity index (χ3n) is 3.45. The SMILES string of the molecule is CCN1C(=O)[C@H]2CN(C(=O)[C@H](C)Cl)C[C@H]2C1=O. The largest absolute Gasteiger partial charge is 0.340 e.